The molecule has 4 nitrogen and oxygen atoms in total. The van der Waals surface area contributed by atoms with Gasteiger partial charge >= 0.3 is 0 Å². The lowest BCUT2D eigenvalue weighted by molar-refractivity contribution is -0.131. The monoisotopic (exact) mass is 228 g/mol. The summed E-state index contributed by atoms with van der Waals surface area (Å²) < 4.78 is 5.33. The Kier molecular flexibility index (Phi) is 5.77. The summed E-state index contributed by atoms with van der Waals surface area (Å²) in [4.78, 5) is 13.7. The van der Waals surface area contributed by atoms with Gasteiger partial charge in [0.1, 0.15) is 0 Å². The molecule has 1 rings (SSSR count). The van der Waals surface area contributed by atoms with E-state index in [9.17, 15) is 4.79 Å². The third-order valence-electron chi connectivity index (χ3n) is 2.89. The largest absolute Gasteiger partial charge is 0.378 e. The third kappa shape index (κ3) is 4.94. The second kappa shape index (κ2) is 6.86. The molecule has 1 atom stereocenters. The minimum absolute atomic E-state index is 0.197. The normalized spacial score (nSPS) is 21.1. The van der Waals surface area contributed by atoms with E-state index in [4.69, 9.17) is 4.74 Å². The first-order chi connectivity index (χ1) is 7.59. The van der Waals surface area contributed by atoms with Gasteiger partial charge in [0, 0.05) is 32.6 Å². The number of carbonyl (C=O) groups excluding carboxylic acids is 1. The molecule has 94 valence electrons. The first kappa shape index (κ1) is 13.5. The highest BCUT2D eigenvalue weighted by atomic mass is 16.5. The lowest BCUT2D eigenvalue weighted by atomic mass is 10.1. The number of rotatable bonds is 5. The second-order valence-electron chi connectivity index (χ2n) is 4.93. The van der Waals surface area contributed by atoms with Gasteiger partial charge in [0.15, 0.2) is 0 Å². The van der Waals surface area contributed by atoms with E-state index < -0.39 is 0 Å². The maximum Gasteiger partial charge on any atom is 0.223 e. The van der Waals surface area contributed by atoms with E-state index in [-0.39, 0.29) is 11.9 Å². The van der Waals surface area contributed by atoms with Gasteiger partial charge in [-0.1, -0.05) is 13.8 Å². The van der Waals surface area contributed by atoms with E-state index in [0.29, 0.717) is 18.9 Å². The van der Waals surface area contributed by atoms with Gasteiger partial charge in [0.05, 0.1) is 13.2 Å². The Morgan fingerprint density at radius 3 is 2.88 bits per heavy atom. The van der Waals surface area contributed by atoms with E-state index in [0.717, 1.165) is 26.1 Å². The van der Waals surface area contributed by atoms with Gasteiger partial charge in [-0.15, -0.1) is 0 Å². The van der Waals surface area contributed by atoms with Crippen LogP contribution < -0.4 is 5.32 Å². The first-order valence-corrected chi connectivity index (χ1v) is 6.14. The fourth-order valence-corrected chi connectivity index (χ4v) is 1.69. The van der Waals surface area contributed by atoms with Crippen LogP contribution in [-0.4, -0.2) is 50.2 Å². The van der Waals surface area contributed by atoms with Crippen molar-refractivity contribution >= 4 is 5.91 Å². The summed E-state index contributed by atoms with van der Waals surface area (Å²) in [5, 5.41) is 3.30. The molecular weight excluding hydrogens is 204 g/mol. The van der Waals surface area contributed by atoms with E-state index in [2.05, 4.69) is 19.2 Å². The summed E-state index contributed by atoms with van der Waals surface area (Å²) in [7, 11) is 1.88. The molecule has 0 radical (unpaired) electrons. The van der Waals surface area contributed by atoms with Crippen LogP contribution in [0.1, 0.15) is 26.7 Å². The van der Waals surface area contributed by atoms with Crippen LogP contribution in [0.5, 0.6) is 0 Å². The van der Waals surface area contributed by atoms with E-state index >= 15 is 0 Å². The number of carbonyl (C=O) groups is 1. The maximum absolute atomic E-state index is 11.9. The maximum atomic E-state index is 11.9. The van der Waals surface area contributed by atoms with E-state index in [1.165, 1.54) is 0 Å². The number of hydrogen-bond donors (Lipinski definition) is 1. The van der Waals surface area contributed by atoms with Gasteiger partial charge in [-0.25, -0.2) is 0 Å². The topological polar surface area (TPSA) is 41.6 Å². The SMILES string of the molecule is CC(C)CCN(C)C(=O)CC1COCCN1. The van der Waals surface area contributed by atoms with E-state index in [1.54, 1.807) is 0 Å². The summed E-state index contributed by atoms with van der Waals surface area (Å²) in [6, 6.07) is 0.197. The zero-order valence-corrected chi connectivity index (χ0v) is 10.7. The minimum atomic E-state index is 0.197. The Balaban J connectivity index is 2.22. The molecular formula is C12H24N2O2. The van der Waals surface area contributed by atoms with Gasteiger partial charge in [-0.3, -0.25) is 4.79 Å². The third-order valence-corrected chi connectivity index (χ3v) is 2.89. The van der Waals surface area contributed by atoms with Gasteiger partial charge < -0.3 is 15.0 Å². The van der Waals surface area contributed by atoms with Gasteiger partial charge in [-0.2, -0.15) is 0 Å². The summed E-state index contributed by atoms with van der Waals surface area (Å²) in [6.07, 6.45) is 1.62. The van der Waals surface area contributed by atoms with Gasteiger partial charge in [-0.05, 0) is 12.3 Å². The van der Waals surface area contributed by atoms with Crippen LogP contribution in [0.4, 0.5) is 0 Å². The molecule has 4 heteroatoms. The van der Waals surface area contributed by atoms with Crippen molar-refractivity contribution < 1.29 is 9.53 Å². The van der Waals surface area contributed by atoms with E-state index in [1.807, 2.05) is 11.9 Å². The predicted molar refractivity (Wildman–Crippen MR) is 64.3 cm³/mol. The van der Waals surface area contributed by atoms with Crippen molar-refractivity contribution in [3.8, 4) is 0 Å². The fourth-order valence-electron chi connectivity index (χ4n) is 1.69. The molecule has 1 heterocycles. The van der Waals surface area contributed by atoms with Crippen LogP contribution in [0.25, 0.3) is 0 Å². The summed E-state index contributed by atoms with van der Waals surface area (Å²) in [5.41, 5.74) is 0. The molecule has 1 N–H and O–H groups in total. The first-order valence-electron chi connectivity index (χ1n) is 6.14. The molecule has 1 unspecified atom stereocenters. The summed E-state index contributed by atoms with van der Waals surface area (Å²) in [6.45, 7) is 7.47. The van der Waals surface area contributed by atoms with Gasteiger partial charge in [0.25, 0.3) is 0 Å². The molecule has 0 saturated carbocycles. The smallest absolute Gasteiger partial charge is 0.223 e. The van der Waals surface area contributed by atoms with Crippen molar-refractivity contribution in [1.29, 1.82) is 0 Å². The minimum Gasteiger partial charge on any atom is -0.378 e. The Morgan fingerprint density at radius 2 is 2.31 bits per heavy atom. The van der Waals surface area contributed by atoms with Crippen LogP contribution in [0.15, 0.2) is 0 Å². The number of hydrogen-bond acceptors (Lipinski definition) is 3. The molecule has 1 amide bonds. The highest BCUT2D eigenvalue weighted by Gasteiger charge is 2.19. The second-order valence-corrected chi connectivity index (χ2v) is 4.93. The van der Waals surface area contributed by atoms with Crippen molar-refractivity contribution in [2.45, 2.75) is 32.7 Å². The Labute approximate surface area is 98.3 Å². The molecule has 1 saturated heterocycles. The number of ether oxygens (including phenoxy) is 1. The molecule has 0 aliphatic carbocycles. The number of amides is 1. The average Bonchev–Trinajstić information content (AvgIpc) is 2.27. The number of nitrogens with one attached hydrogen (secondary N) is 1. The van der Waals surface area contributed by atoms with Gasteiger partial charge in [0.2, 0.25) is 5.91 Å². The molecule has 1 fully saturated rings. The Morgan fingerprint density at radius 1 is 1.56 bits per heavy atom. The fraction of sp³-hybridized carbons (Fsp3) is 0.917. The molecule has 1 aliphatic rings. The summed E-state index contributed by atoms with van der Waals surface area (Å²) in [5.74, 6) is 0.857. The van der Waals surface area contributed by atoms with Crippen molar-refractivity contribution in [1.82, 2.24) is 10.2 Å². The zero-order chi connectivity index (χ0) is 12.0. The quantitative estimate of drug-likeness (QED) is 0.759. The van der Waals surface area contributed by atoms with Crippen LogP contribution >= 0.6 is 0 Å². The average molecular weight is 228 g/mol. The van der Waals surface area contributed by atoms with Crippen molar-refractivity contribution in [2.75, 3.05) is 33.4 Å². The molecule has 0 spiro atoms. The summed E-state index contributed by atoms with van der Waals surface area (Å²) >= 11 is 0. The molecule has 16 heavy (non-hydrogen) atoms. The molecule has 0 aromatic heterocycles. The van der Waals surface area contributed by atoms with Crippen LogP contribution in [0, 0.1) is 5.92 Å². The zero-order valence-electron chi connectivity index (χ0n) is 10.7. The highest BCUT2D eigenvalue weighted by molar-refractivity contribution is 5.76. The van der Waals surface area contributed by atoms with Crippen molar-refractivity contribution in [3.05, 3.63) is 0 Å². The lowest BCUT2D eigenvalue weighted by Gasteiger charge is -2.26. The van der Waals surface area contributed by atoms with Crippen LogP contribution in [0.3, 0.4) is 0 Å². The molecule has 1 aliphatic heterocycles. The predicted octanol–water partition coefficient (Wildman–Crippen LogP) is 0.869. The van der Waals surface area contributed by atoms with Crippen LogP contribution in [-0.2, 0) is 9.53 Å². The van der Waals surface area contributed by atoms with Crippen molar-refractivity contribution in [2.24, 2.45) is 5.92 Å². The van der Waals surface area contributed by atoms with Crippen molar-refractivity contribution in [3.63, 3.8) is 0 Å². The molecule has 0 aromatic rings. The lowest BCUT2D eigenvalue weighted by Crippen LogP contribution is -2.44. The molecule has 0 aromatic carbocycles. The number of nitrogens with zero attached hydrogens (tertiary/aromatic N) is 1. The number of morpholine rings is 1. The van der Waals surface area contributed by atoms with Crippen LogP contribution in [0.2, 0.25) is 0 Å². The standard InChI is InChI=1S/C12H24N2O2/c1-10(2)4-6-14(3)12(15)8-11-9-16-7-5-13-11/h10-11,13H,4-9H2,1-3H3. The molecule has 0 bridgehead atoms. The Hall–Kier alpha value is -0.610. The highest BCUT2D eigenvalue weighted by Crippen LogP contribution is 2.05. The Bertz CT molecular complexity index is 213.